The molecule has 0 saturated carbocycles. The van der Waals surface area contributed by atoms with Crippen molar-refractivity contribution < 1.29 is 28.2 Å². The number of hydrogen-bond acceptors (Lipinski definition) is 5. The molecule has 0 amide bonds. The van der Waals surface area contributed by atoms with Gasteiger partial charge in [-0.3, -0.25) is 0 Å². The Bertz CT molecular complexity index is 872. The first kappa shape index (κ1) is 20.8. The average Bonchev–Trinajstić information content (AvgIpc) is 2.62. The summed E-state index contributed by atoms with van der Waals surface area (Å²) in [5, 5.41) is 18.8. The van der Waals surface area contributed by atoms with Gasteiger partial charge in [0.05, 0.1) is 17.3 Å². The highest BCUT2D eigenvalue weighted by Gasteiger charge is 2.14. The van der Waals surface area contributed by atoms with Gasteiger partial charge in [-0.05, 0) is 44.0 Å². The van der Waals surface area contributed by atoms with Gasteiger partial charge in [-0.1, -0.05) is 36.6 Å². The summed E-state index contributed by atoms with van der Waals surface area (Å²) < 4.78 is 29.9. The smallest absolute Gasteiger partial charge is 0.339 e. The number of aromatic carboxylic acids is 1. The van der Waals surface area contributed by atoms with E-state index in [-0.39, 0.29) is 22.8 Å². The quantitative estimate of drug-likeness (QED) is 0.596. The highest BCUT2D eigenvalue weighted by atomic mass is 32.2. The topological polar surface area (TPSA) is 101 Å². The van der Waals surface area contributed by atoms with E-state index in [4.69, 9.17) is 9.84 Å². The molecule has 0 aliphatic heterocycles. The highest BCUT2D eigenvalue weighted by Crippen LogP contribution is 2.29. The predicted molar refractivity (Wildman–Crippen MR) is 102 cm³/mol. The molecule has 0 unspecified atom stereocenters. The van der Waals surface area contributed by atoms with E-state index in [0.717, 1.165) is 18.4 Å². The minimum atomic E-state index is -3.25. The number of para-hydroxylation sites is 1. The van der Waals surface area contributed by atoms with E-state index in [1.807, 2.05) is 6.92 Å². The molecule has 0 atom stereocenters. The van der Waals surface area contributed by atoms with Crippen LogP contribution >= 0.6 is 0 Å². The second-order valence-electron chi connectivity index (χ2n) is 6.35. The summed E-state index contributed by atoms with van der Waals surface area (Å²) in [4.78, 5) is 11.3. The maximum atomic E-state index is 12.2. The predicted octanol–water partition coefficient (Wildman–Crippen LogP) is 3.81. The SMILES string of the molecule is Cc1ccc(S(=O)(=O)CCCCCCOc2cccc(C(=O)O)c2O)cc1. The molecular formula is C20H24O6S. The lowest BCUT2D eigenvalue weighted by atomic mass is 10.2. The lowest BCUT2D eigenvalue weighted by Crippen LogP contribution is -2.07. The van der Waals surface area contributed by atoms with Gasteiger partial charge in [0, 0.05) is 0 Å². The molecular weight excluding hydrogens is 368 g/mol. The second-order valence-corrected chi connectivity index (χ2v) is 8.46. The number of aromatic hydroxyl groups is 1. The third-order valence-electron chi connectivity index (χ3n) is 4.17. The zero-order valence-corrected chi connectivity index (χ0v) is 16.0. The van der Waals surface area contributed by atoms with Crippen LogP contribution in [0.15, 0.2) is 47.4 Å². The number of hydrogen-bond donors (Lipinski definition) is 2. The van der Waals surface area contributed by atoms with Gasteiger partial charge in [-0.2, -0.15) is 0 Å². The molecule has 0 aliphatic rings. The Morgan fingerprint density at radius 2 is 1.67 bits per heavy atom. The monoisotopic (exact) mass is 392 g/mol. The first-order chi connectivity index (χ1) is 12.8. The lowest BCUT2D eigenvalue weighted by molar-refractivity contribution is 0.0692. The van der Waals surface area contributed by atoms with E-state index >= 15 is 0 Å². The number of rotatable bonds is 10. The van der Waals surface area contributed by atoms with Crippen LogP contribution in [-0.2, 0) is 9.84 Å². The average molecular weight is 392 g/mol. The fraction of sp³-hybridized carbons (Fsp3) is 0.350. The van der Waals surface area contributed by atoms with Crippen molar-refractivity contribution in [2.75, 3.05) is 12.4 Å². The number of carboxylic acid groups (broad SMARTS) is 1. The van der Waals surface area contributed by atoms with Crippen molar-refractivity contribution in [2.24, 2.45) is 0 Å². The summed E-state index contributed by atoms with van der Waals surface area (Å²) in [5.41, 5.74) is 0.822. The standard InChI is InChI=1S/C20H24O6S/c1-15-9-11-16(12-10-15)27(24,25)14-5-3-2-4-13-26-18-8-6-7-17(19(18)21)20(22)23/h6-12,21H,2-5,13-14H2,1H3,(H,22,23). The number of benzene rings is 2. The van der Waals surface area contributed by atoms with Gasteiger partial charge in [0.15, 0.2) is 21.3 Å². The van der Waals surface area contributed by atoms with Crippen LogP contribution in [0.3, 0.4) is 0 Å². The molecule has 0 aliphatic carbocycles. The van der Waals surface area contributed by atoms with E-state index in [2.05, 4.69) is 0 Å². The third kappa shape index (κ3) is 5.99. The van der Waals surface area contributed by atoms with E-state index in [1.54, 1.807) is 24.3 Å². The number of phenols is 1. The van der Waals surface area contributed by atoms with Gasteiger partial charge in [0.25, 0.3) is 0 Å². The molecule has 0 heterocycles. The van der Waals surface area contributed by atoms with Gasteiger partial charge in [-0.15, -0.1) is 0 Å². The molecule has 6 nitrogen and oxygen atoms in total. The second kappa shape index (κ2) is 9.41. The zero-order valence-electron chi connectivity index (χ0n) is 15.2. The summed E-state index contributed by atoms with van der Waals surface area (Å²) in [6.07, 6.45) is 2.77. The molecule has 0 bridgehead atoms. The van der Waals surface area contributed by atoms with Gasteiger partial charge in [-0.25, -0.2) is 13.2 Å². The summed E-state index contributed by atoms with van der Waals surface area (Å²) in [6, 6.07) is 11.2. The first-order valence-corrected chi connectivity index (χ1v) is 10.4. The minimum absolute atomic E-state index is 0.109. The Morgan fingerprint density at radius 1 is 1.00 bits per heavy atom. The Kier molecular flexibility index (Phi) is 7.24. The van der Waals surface area contributed by atoms with Gasteiger partial charge in [0.1, 0.15) is 5.56 Å². The fourth-order valence-corrected chi connectivity index (χ4v) is 3.98. The zero-order chi connectivity index (χ0) is 19.9. The van der Waals surface area contributed by atoms with E-state index < -0.39 is 15.8 Å². The van der Waals surface area contributed by atoms with Gasteiger partial charge >= 0.3 is 5.97 Å². The minimum Gasteiger partial charge on any atom is -0.504 e. The van der Waals surface area contributed by atoms with Crippen LogP contribution < -0.4 is 4.74 Å². The molecule has 0 saturated heterocycles. The van der Waals surface area contributed by atoms with Crippen LogP contribution in [0.1, 0.15) is 41.6 Å². The van der Waals surface area contributed by atoms with Crippen LogP contribution in [0.4, 0.5) is 0 Å². The molecule has 27 heavy (non-hydrogen) atoms. The Morgan fingerprint density at radius 3 is 2.33 bits per heavy atom. The normalized spacial score (nSPS) is 11.3. The Balaban J connectivity index is 1.70. The van der Waals surface area contributed by atoms with Crippen molar-refractivity contribution in [3.8, 4) is 11.5 Å². The van der Waals surface area contributed by atoms with Crippen molar-refractivity contribution in [1.82, 2.24) is 0 Å². The van der Waals surface area contributed by atoms with E-state index in [0.29, 0.717) is 24.3 Å². The van der Waals surface area contributed by atoms with Crippen molar-refractivity contribution in [2.45, 2.75) is 37.5 Å². The van der Waals surface area contributed by atoms with Crippen molar-refractivity contribution in [1.29, 1.82) is 0 Å². The lowest BCUT2D eigenvalue weighted by Gasteiger charge is -2.09. The van der Waals surface area contributed by atoms with Crippen molar-refractivity contribution >= 4 is 15.8 Å². The van der Waals surface area contributed by atoms with Gasteiger partial charge in [0.2, 0.25) is 0 Å². The molecule has 146 valence electrons. The highest BCUT2D eigenvalue weighted by molar-refractivity contribution is 7.91. The number of ether oxygens (including phenoxy) is 1. The molecule has 7 heteroatoms. The molecule has 2 rings (SSSR count). The number of sulfone groups is 1. The summed E-state index contributed by atoms with van der Waals surface area (Å²) in [6.45, 7) is 2.23. The summed E-state index contributed by atoms with van der Waals surface area (Å²) in [7, 11) is -3.25. The fourth-order valence-electron chi connectivity index (χ4n) is 2.60. The van der Waals surface area contributed by atoms with Crippen LogP contribution in [0.25, 0.3) is 0 Å². The van der Waals surface area contributed by atoms with Crippen molar-refractivity contribution in [3.05, 3.63) is 53.6 Å². The summed E-state index contributed by atoms with van der Waals surface area (Å²) >= 11 is 0. The third-order valence-corrected chi connectivity index (χ3v) is 5.99. The van der Waals surface area contributed by atoms with E-state index in [1.165, 1.54) is 18.2 Å². The molecule has 2 aromatic carbocycles. The molecule has 2 aromatic rings. The van der Waals surface area contributed by atoms with Crippen LogP contribution in [0.2, 0.25) is 0 Å². The molecule has 0 spiro atoms. The maximum absolute atomic E-state index is 12.2. The Hall–Kier alpha value is -2.54. The number of unbranched alkanes of at least 4 members (excludes halogenated alkanes) is 3. The molecule has 0 aromatic heterocycles. The van der Waals surface area contributed by atoms with Crippen LogP contribution in [0, 0.1) is 6.92 Å². The van der Waals surface area contributed by atoms with Crippen molar-refractivity contribution in [3.63, 3.8) is 0 Å². The van der Waals surface area contributed by atoms with Crippen LogP contribution in [0.5, 0.6) is 11.5 Å². The van der Waals surface area contributed by atoms with E-state index in [9.17, 15) is 18.3 Å². The van der Waals surface area contributed by atoms with Gasteiger partial charge < -0.3 is 14.9 Å². The molecule has 0 fully saturated rings. The molecule has 2 N–H and O–H groups in total. The Labute approximate surface area is 159 Å². The maximum Gasteiger partial charge on any atom is 0.339 e. The molecule has 0 radical (unpaired) electrons. The largest absolute Gasteiger partial charge is 0.504 e. The van der Waals surface area contributed by atoms with Crippen LogP contribution in [-0.4, -0.2) is 37.0 Å². The number of carbonyl (C=O) groups is 1. The number of carboxylic acids is 1. The first-order valence-electron chi connectivity index (χ1n) is 8.79. The number of aryl methyl sites for hydroxylation is 1. The summed E-state index contributed by atoms with van der Waals surface area (Å²) in [5.74, 6) is -1.35.